The van der Waals surface area contributed by atoms with Gasteiger partial charge < -0.3 is 16.4 Å². The van der Waals surface area contributed by atoms with E-state index >= 15 is 0 Å². The van der Waals surface area contributed by atoms with Gasteiger partial charge in [0.25, 0.3) is 0 Å². The summed E-state index contributed by atoms with van der Waals surface area (Å²) >= 11 is 0. The number of para-hydroxylation sites is 2. The molecule has 2 aromatic carbocycles. The van der Waals surface area contributed by atoms with Crippen LogP contribution < -0.4 is 16.4 Å². The van der Waals surface area contributed by atoms with Crippen LogP contribution >= 0.6 is 0 Å². The molecule has 0 radical (unpaired) electrons. The Balaban J connectivity index is 1.08. The van der Waals surface area contributed by atoms with Gasteiger partial charge in [-0.25, -0.2) is 4.98 Å². The second kappa shape index (κ2) is 11.6. The summed E-state index contributed by atoms with van der Waals surface area (Å²) in [4.78, 5) is 9.75. The first-order valence-electron chi connectivity index (χ1n) is 13.4. The number of rotatable bonds is 8. The molecular formula is C30H39N5. The largest absolute Gasteiger partial charge is 0.385 e. The lowest BCUT2D eigenvalue weighted by atomic mass is 9.79. The van der Waals surface area contributed by atoms with Crippen molar-refractivity contribution in [1.82, 2.24) is 9.97 Å². The smallest absolute Gasteiger partial charge is 0.145 e. The monoisotopic (exact) mass is 469 g/mol. The quantitative estimate of drug-likeness (QED) is 0.337. The molecule has 3 aromatic rings. The Labute approximate surface area is 210 Å². The standard InChI is InChI=1S/C30H39N5/c31-30-29(25-17-13-23(14-18-25)20-33-27-9-5-2-6-10-27)34-21-28(35-30)24-15-11-22(12-16-24)19-32-26-7-3-1-4-8-26/h1-10,21-25,32-33H,11-20H2,(H2,31,35). The number of nitrogen functional groups attached to an aromatic ring is 1. The van der Waals surface area contributed by atoms with Gasteiger partial charge in [-0.3, -0.25) is 4.98 Å². The zero-order chi connectivity index (χ0) is 23.9. The molecule has 0 saturated heterocycles. The Morgan fingerprint density at radius 2 is 1.14 bits per heavy atom. The second-order valence-corrected chi connectivity index (χ2v) is 10.5. The fourth-order valence-corrected chi connectivity index (χ4v) is 5.88. The normalized spacial score (nSPS) is 24.6. The highest BCUT2D eigenvalue weighted by molar-refractivity contribution is 5.43. The van der Waals surface area contributed by atoms with Gasteiger partial charge in [0.1, 0.15) is 5.82 Å². The minimum atomic E-state index is 0.448. The number of hydrogen-bond donors (Lipinski definition) is 3. The van der Waals surface area contributed by atoms with Crippen molar-refractivity contribution in [2.75, 3.05) is 29.5 Å². The first-order valence-corrected chi connectivity index (χ1v) is 13.4. The summed E-state index contributed by atoms with van der Waals surface area (Å²) in [5, 5.41) is 7.18. The molecule has 184 valence electrons. The maximum absolute atomic E-state index is 6.47. The van der Waals surface area contributed by atoms with Crippen molar-refractivity contribution in [2.45, 2.75) is 63.2 Å². The van der Waals surface area contributed by atoms with Crippen LogP contribution in [0.15, 0.2) is 66.9 Å². The molecule has 5 nitrogen and oxygen atoms in total. The predicted octanol–water partition coefficient (Wildman–Crippen LogP) is 6.83. The fourth-order valence-electron chi connectivity index (χ4n) is 5.88. The van der Waals surface area contributed by atoms with Gasteiger partial charge >= 0.3 is 0 Å². The van der Waals surface area contributed by atoms with Crippen molar-refractivity contribution in [2.24, 2.45) is 11.8 Å². The van der Waals surface area contributed by atoms with Gasteiger partial charge in [-0.05, 0) is 87.5 Å². The number of nitrogens with one attached hydrogen (secondary N) is 2. The molecule has 0 unspecified atom stereocenters. The first kappa shape index (κ1) is 23.7. The van der Waals surface area contributed by atoms with E-state index in [-0.39, 0.29) is 0 Å². The van der Waals surface area contributed by atoms with E-state index in [1.54, 1.807) is 0 Å². The van der Waals surface area contributed by atoms with Crippen molar-refractivity contribution in [3.05, 3.63) is 78.2 Å². The highest BCUT2D eigenvalue weighted by Gasteiger charge is 2.27. The van der Waals surface area contributed by atoms with E-state index in [1.165, 1.54) is 49.9 Å². The van der Waals surface area contributed by atoms with Crippen molar-refractivity contribution in [3.63, 3.8) is 0 Å². The second-order valence-electron chi connectivity index (χ2n) is 10.5. The minimum Gasteiger partial charge on any atom is -0.385 e. The van der Waals surface area contributed by atoms with Crippen LogP contribution in [0, 0.1) is 11.8 Å². The van der Waals surface area contributed by atoms with E-state index in [9.17, 15) is 0 Å². The summed E-state index contributed by atoms with van der Waals surface area (Å²) in [7, 11) is 0. The molecule has 5 rings (SSSR count). The molecule has 1 aromatic heterocycles. The van der Waals surface area contributed by atoms with E-state index in [2.05, 4.69) is 71.3 Å². The van der Waals surface area contributed by atoms with Crippen LogP contribution in [0.3, 0.4) is 0 Å². The van der Waals surface area contributed by atoms with Gasteiger partial charge in [0.2, 0.25) is 0 Å². The van der Waals surface area contributed by atoms with Crippen molar-refractivity contribution in [1.29, 1.82) is 0 Å². The van der Waals surface area contributed by atoms with Crippen LogP contribution in [-0.4, -0.2) is 23.1 Å². The Morgan fingerprint density at radius 3 is 1.63 bits per heavy atom. The third kappa shape index (κ3) is 6.33. The SMILES string of the molecule is Nc1nc(C2CCC(CNc3ccccc3)CC2)cnc1C1CCC(CNc2ccccc2)CC1. The van der Waals surface area contributed by atoms with Gasteiger partial charge in [-0.1, -0.05) is 36.4 Å². The number of benzene rings is 2. The highest BCUT2D eigenvalue weighted by Crippen LogP contribution is 2.39. The van der Waals surface area contributed by atoms with Crippen LogP contribution in [0.5, 0.6) is 0 Å². The summed E-state index contributed by atoms with van der Waals surface area (Å²) in [5.74, 6) is 3.05. The van der Waals surface area contributed by atoms with Crippen LogP contribution in [-0.2, 0) is 0 Å². The number of nitrogens with zero attached hydrogens (tertiary/aromatic N) is 2. The summed E-state index contributed by atoms with van der Waals surface area (Å²) in [6.07, 6.45) is 11.6. The molecule has 0 aliphatic heterocycles. The predicted molar refractivity (Wildman–Crippen MR) is 146 cm³/mol. The van der Waals surface area contributed by atoms with Crippen LogP contribution in [0.2, 0.25) is 0 Å². The number of nitrogens with two attached hydrogens (primary N) is 1. The van der Waals surface area contributed by atoms with Crippen LogP contribution in [0.4, 0.5) is 17.2 Å². The third-order valence-corrected chi connectivity index (χ3v) is 8.08. The van der Waals surface area contributed by atoms with E-state index in [0.717, 1.165) is 43.2 Å². The molecule has 0 spiro atoms. The first-order chi connectivity index (χ1) is 17.2. The lowest BCUT2D eigenvalue weighted by Crippen LogP contribution is -2.23. The maximum atomic E-state index is 6.47. The molecule has 2 aliphatic rings. The molecule has 0 amide bonds. The van der Waals surface area contributed by atoms with Gasteiger partial charge in [0.15, 0.2) is 0 Å². The average molecular weight is 470 g/mol. The van der Waals surface area contributed by atoms with Gasteiger partial charge in [-0.2, -0.15) is 0 Å². The molecule has 0 bridgehead atoms. The third-order valence-electron chi connectivity index (χ3n) is 8.08. The van der Waals surface area contributed by atoms with E-state index in [0.29, 0.717) is 23.6 Å². The van der Waals surface area contributed by atoms with Crippen molar-refractivity contribution in [3.8, 4) is 0 Å². The van der Waals surface area contributed by atoms with Crippen molar-refractivity contribution >= 4 is 17.2 Å². The topological polar surface area (TPSA) is 75.9 Å². The molecule has 2 fully saturated rings. The molecule has 1 heterocycles. The van der Waals surface area contributed by atoms with E-state index in [4.69, 9.17) is 15.7 Å². The summed E-state index contributed by atoms with van der Waals surface area (Å²) in [6, 6.07) is 21.0. The Bertz CT molecular complexity index is 1040. The Morgan fingerprint density at radius 1 is 0.657 bits per heavy atom. The van der Waals surface area contributed by atoms with Gasteiger partial charge in [-0.15, -0.1) is 0 Å². The lowest BCUT2D eigenvalue weighted by molar-refractivity contribution is 0.330. The highest BCUT2D eigenvalue weighted by atomic mass is 14.9. The Hall–Kier alpha value is -3.08. The van der Waals surface area contributed by atoms with Crippen LogP contribution in [0.1, 0.15) is 74.6 Å². The summed E-state index contributed by atoms with van der Waals surface area (Å²) in [5.41, 5.74) is 11.0. The molecule has 0 atom stereocenters. The molecule has 4 N–H and O–H groups in total. The summed E-state index contributed by atoms with van der Waals surface area (Å²) < 4.78 is 0. The fraction of sp³-hybridized carbons (Fsp3) is 0.467. The number of hydrogen-bond acceptors (Lipinski definition) is 5. The van der Waals surface area contributed by atoms with Gasteiger partial charge in [0.05, 0.1) is 11.4 Å². The number of aromatic nitrogens is 2. The average Bonchev–Trinajstić information content (AvgIpc) is 2.92. The molecular weight excluding hydrogens is 430 g/mol. The molecule has 2 aliphatic carbocycles. The zero-order valence-electron chi connectivity index (χ0n) is 20.7. The van der Waals surface area contributed by atoms with E-state index in [1.807, 2.05) is 6.20 Å². The molecule has 2 saturated carbocycles. The molecule has 35 heavy (non-hydrogen) atoms. The zero-order valence-corrected chi connectivity index (χ0v) is 20.7. The van der Waals surface area contributed by atoms with E-state index < -0.39 is 0 Å². The maximum Gasteiger partial charge on any atom is 0.145 e. The van der Waals surface area contributed by atoms with Crippen LogP contribution in [0.25, 0.3) is 0 Å². The lowest BCUT2D eigenvalue weighted by Gasteiger charge is -2.30. The van der Waals surface area contributed by atoms with Gasteiger partial charge in [0, 0.05) is 42.5 Å². The Kier molecular flexibility index (Phi) is 7.82. The summed E-state index contributed by atoms with van der Waals surface area (Å²) in [6.45, 7) is 2.09. The minimum absolute atomic E-state index is 0.448. The van der Waals surface area contributed by atoms with Crippen molar-refractivity contribution < 1.29 is 0 Å². The number of anilines is 3. The molecule has 5 heteroatoms.